The molecule has 5 rings (SSSR count). The summed E-state index contributed by atoms with van der Waals surface area (Å²) in [4.78, 5) is 32.5. The van der Waals surface area contributed by atoms with E-state index in [1.165, 1.54) is 16.7 Å². The molecule has 0 bridgehead atoms. The Balaban J connectivity index is 1.47. The molecule has 2 aliphatic heterocycles. The number of amidine groups is 1. The largest absolute Gasteiger partial charge is 0.493 e. The first-order chi connectivity index (χ1) is 18.5. The first-order valence-electron chi connectivity index (χ1n) is 12.6. The standard InChI is InChI=1S/C25H31N7O5S/c1-5-37-23(33)20-15(2)27-25(38-20)30-24-28-21(31-8-10-36-11-9-31)19-22(29-24)32(14-26-19)13-16-6-7-17(34-3)18(12-16)35-4/h6-7,12,14-15,20H,5,8-11,13H2,1-4H3,(H,27,28,29,30)/p+1. The molecule has 202 valence electrons. The van der Waals surface area contributed by atoms with Crippen LogP contribution in [0.1, 0.15) is 19.4 Å². The van der Waals surface area contributed by atoms with Crippen LogP contribution in [0.15, 0.2) is 29.5 Å². The van der Waals surface area contributed by atoms with Crippen LogP contribution in [-0.2, 0) is 20.8 Å². The van der Waals surface area contributed by atoms with E-state index in [0.717, 1.165) is 30.0 Å². The zero-order valence-corrected chi connectivity index (χ0v) is 22.7. The highest BCUT2D eigenvalue weighted by Crippen LogP contribution is 2.30. The molecule has 13 heteroatoms. The number of carbonyl (C=O) groups excluding carboxylic acids is 1. The lowest BCUT2D eigenvalue weighted by Crippen LogP contribution is -3.09. The summed E-state index contributed by atoms with van der Waals surface area (Å²) in [6.07, 6.45) is 1.78. The van der Waals surface area contributed by atoms with Gasteiger partial charge in [-0.1, -0.05) is 17.8 Å². The molecule has 2 unspecified atom stereocenters. The van der Waals surface area contributed by atoms with Crippen molar-refractivity contribution in [1.82, 2.24) is 19.5 Å². The summed E-state index contributed by atoms with van der Waals surface area (Å²) in [5.41, 5.74) is 2.45. The number of fused-ring (bicyclic) bond motifs is 1. The van der Waals surface area contributed by atoms with Crippen molar-refractivity contribution in [2.24, 2.45) is 4.99 Å². The van der Waals surface area contributed by atoms with Gasteiger partial charge in [-0.25, -0.2) is 4.98 Å². The van der Waals surface area contributed by atoms with Gasteiger partial charge < -0.3 is 28.8 Å². The molecule has 12 nitrogen and oxygen atoms in total. The summed E-state index contributed by atoms with van der Waals surface area (Å²) in [7, 11) is 3.23. The van der Waals surface area contributed by atoms with E-state index in [-0.39, 0.29) is 12.0 Å². The molecule has 2 N–H and O–H groups in total. The number of carbonyl (C=O) groups is 1. The number of thioether (sulfide) groups is 1. The lowest BCUT2D eigenvalue weighted by atomic mass is 10.2. The van der Waals surface area contributed by atoms with Crippen LogP contribution < -0.4 is 19.7 Å². The Labute approximate surface area is 224 Å². The van der Waals surface area contributed by atoms with Gasteiger partial charge in [0.15, 0.2) is 27.8 Å². The Morgan fingerprint density at radius 2 is 2.00 bits per heavy atom. The second-order valence-corrected chi connectivity index (χ2v) is 10.1. The van der Waals surface area contributed by atoms with Gasteiger partial charge in [-0.15, -0.1) is 0 Å². The smallest absolute Gasteiger partial charge is 0.321 e. The highest BCUT2D eigenvalue weighted by molar-refractivity contribution is 8.15. The van der Waals surface area contributed by atoms with Crippen molar-refractivity contribution < 1.29 is 28.6 Å². The number of nitrogens with one attached hydrogen (secondary N) is 2. The number of anilines is 1. The van der Waals surface area contributed by atoms with Gasteiger partial charge in [0.05, 0.1) is 53.0 Å². The number of nitrogens with zero attached hydrogens (tertiary/aromatic N) is 5. The number of aliphatic imine (C=N–C) groups is 1. The Bertz CT molecular complexity index is 1340. The van der Waals surface area contributed by atoms with Crippen LogP contribution in [0.5, 0.6) is 11.5 Å². The predicted molar refractivity (Wildman–Crippen MR) is 144 cm³/mol. The van der Waals surface area contributed by atoms with Crippen molar-refractivity contribution in [2.45, 2.75) is 31.7 Å². The molecule has 2 aliphatic rings. The average molecular weight is 543 g/mol. The highest BCUT2D eigenvalue weighted by atomic mass is 32.2. The summed E-state index contributed by atoms with van der Waals surface area (Å²) in [5, 5.41) is 3.43. The van der Waals surface area contributed by atoms with Crippen LogP contribution in [0.2, 0.25) is 0 Å². The van der Waals surface area contributed by atoms with Crippen molar-refractivity contribution in [3.63, 3.8) is 0 Å². The Morgan fingerprint density at radius 1 is 1.21 bits per heavy atom. The maximum absolute atomic E-state index is 12.3. The maximum atomic E-state index is 12.3. The van der Waals surface area contributed by atoms with Gasteiger partial charge in [-0.3, -0.25) is 14.7 Å². The number of hydrogen-bond acceptors (Lipinski definition) is 11. The number of esters is 1. The highest BCUT2D eigenvalue weighted by Gasteiger charge is 2.35. The Hall–Kier alpha value is -3.42. The van der Waals surface area contributed by atoms with Gasteiger partial charge in [-0.2, -0.15) is 9.97 Å². The van der Waals surface area contributed by atoms with Gasteiger partial charge in [0.2, 0.25) is 5.95 Å². The van der Waals surface area contributed by atoms with E-state index < -0.39 is 5.25 Å². The lowest BCUT2D eigenvalue weighted by molar-refractivity contribution is -0.843. The zero-order chi connectivity index (χ0) is 26.6. The SMILES string of the molecule is CCOC(=O)C1SC(Nc2nc([NH+]3CCOCC3)c3ncn(Cc4ccc(OC)c(OC)c4)c3n2)=NC1C. The van der Waals surface area contributed by atoms with E-state index in [9.17, 15) is 4.79 Å². The van der Waals surface area contributed by atoms with Crippen molar-refractivity contribution in [3.8, 4) is 11.5 Å². The van der Waals surface area contributed by atoms with Crippen LogP contribution in [0.25, 0.3) is 11.2 Å². The van der Waals surface area contributed by atoms with E-state index >= 15 is 0 Å². The summed E-state index contributed by atoms with van der Waals surface area (Å²) in [6.45, 7) is 7.43. The molecular weight excluding hydrogens is 510 g/mol. The average Bonchev–Trinajstić information content (AvgIpc) is 3.51. The number of benzene rings is 1. The molecule has 1 fully saturated rings. The minimum Gasteiger partial charge on any atom is -0.493 e. The van der Waals surface area contributed by atoms with Gasteiger partial charge >= 0.3 is 5.97 Å². The lowest BCUT2D eigenvalue weighted by Gasteiger charge is -2.22. The number of imidazole rings is 1. The number of hydrogen-bond donors (Lipinski definition) is 2. The molecule has 3 aromatic rings. The third-order valence-corrected chi connectivity index (χ3v) is 7.70. The van der Waals surface area contributed by atoms with Crippen molar-refractivity contribution in [1.29, 1.82) is 0 Å². The van der Waals surface area contributed by atoms with Crippen LogP contribution in [-0.4, -0.2) is 89.1 Å². The molecule has 4 heterocycles. The normalized spacial score (nSPS) is 19.8. The van der Waals surface area contributed by atoms with Crippen molar-refractivity contribution in [3.05, 3.63) is 30.1 Å². The fourth-order valence-corrected chi connectivity index (χ4v) is 5.56. The molecule has 0 saturated carbocycles. The summed E-state index contributed by atoms with van der Waals surface area (Å²) < 4.78 is 23.6. The molecule has 0 amide bonds. The molecule has 2 aromatic heterocycles. The minimum absolute atomic E-state index is 0.217. The van der Waals surface area contributed by atoms with Crippen LogP contribution >= 0.6 is 11.8 Å². The maximum Gasteiger partial charge on any atom is 0.321 e. The van der Waals surface area contributed by atoms with Crippen molar-refractivity contribution in [2.75, 3.05) is 52.4 Å². The number of quaternary nitrogens is 1. The summed E-state index contributed by atoms with van der Waals surface area (Å²) >= 11 is 1.33. The van der Waals surface area contributed by atoms with Crippen LogP contribution in [0.3, 0.4) is 0 Å². The number of morpholine rings is 1. The quantitative estimate of drug-likeness (QED) is 0.402. The molecule has 38 heavy (non-hydrogen) atoms. The van der Waals surface area contributed by atoms with Gasteiger partial charge in [0.1, 0.15) is 18.3 Å². The number of rotatable bonds is 8. The summed E-state index contributed by atoms with van der Waals surface area (Å²) in [5.74, 6) is 2.28. The summed E-state index contributed by atoms with van der Waals surface area (Å²) in [6, 6.07) is 5.60. The topological polar surface area (TPSA) is 126 Å². The first kappa shape index (κ1) is 26.2. The number of ether oxygens (including phenoxy) is 4. The second-order valence-electron chi connectivity index (χ2n) is 8.94. The second kappa shape index (κ2) is 11.5. The molecule has 0 radical (unpaired) electrons. The Kier molecular flexibility index (Phi) is 7.95. The molecule has 0 aliphatic carbocycles. The third-order valence-electron chi connectivity index (χ3n) is 6.43. The predicted octanol–water partition coefficient (Wildman–Crippen LogP) is 1.27. The number of aromatic nitrogens is 4. The monoisotopic (exact) mass is 542 g/mol. The van der Waals surface area contributed by atoms with E-state index in [1.54, 1.807) is 27.5 Å². The minimum atomic E-state index is -0.402. The molecular formula is C25H32N7O5S+. The first-order valence-corrected chi connectivity index (χ1v) is 13.4. The van der Waals surface area contributed by atoms with Crippen molar-refractivity contribution >= 4 is 45.8 Å². The van der Waals surface area contributed by atoms with E-state index in [0.29, 0.717) is 54.6 Å². The van der Waals surface area contributed by atoms with Gasteiger partial charge in [0.25, 0.3) is 5.82 Å². The van der Waals surface area contributed by atoms with Gasteiger partial charge in [0, 0.05) is 0 Å². The van der Waals surface area contributed by atoms with Crippen LogP contribution in [0, 0.1) is 0 Å². The van der Waals surface area contributed by atoms with Gasteiger partial charge in [-0.05, 0) is 31.5 Å². The third kappa shape index (κ3) is 5.40. The number of methoxy groups -OCH3 is 2. The fourth-order valence-electron chi connectivity index (χ4n) is 4.52. The fraction of sp³-hybridized carbons (Fsp3) is 0.480. The Morgan fingerprint density at radius 3 is 2.74 bits per heavy atom. The molecule has 1 saturated heterocycles. The molecule has 1 aromatic carbocycles. The zero-order valence-electron chi connectivity index (χ0n) is 21.9. The molecule has 0 spiro atoms. The van der Waals surface area contributed by atoms with Crippen LogP contribution in [0.4, 0.5) is 11.8 Å². The molecule has 2 atom stereocenters. The van der Waals surface area contributed by atoms with E-state index in [2.05, 4.69) is 10.3 Å². The van der Waals surface area contributed by atoms with E-state index in [4.69, 9.17) is 33.9 Å². The van der Waals surface area contributed by atoms with E-state index in [1.807, 2.05) is 29.7 Å².